The number of nitrogens with one attached hydrogen (secondary N) is 2. The minimum Gasteiger partial charge on any atom is -0.495 e. The number of amides is 1. The molecule has 1 heterocycles. The second-order valence-corrected chi connectivity index (χ2v) is 5.15. The summed E-state index contributed by atoms with van der Waals surface area (Å²) in [6, 6.07) is 7.38. The van der Waals surface area contributed by atoms with Gasteiger partial charge in [0.15, 0.2) is 0 Å². The molecular formula is C14H17N3O2S. The lowest BCUT2D eigenvalue weighted by molar-refractivity contribution is -0.115. The van der Waals surface area contributed by atoms with Crippen LogP contribution in [0.2, 0.25) is 0 Å². The summed E-state index contributed by atoms with van der Waals surface area (Å²) in [4.78, 5) is 16.1. The summed E-state index contributed by atoms with van der Waals surface area (Å²) in [5.74, 6) is 0.534. The second kappa shape index (κ2) is 7.02. The van der Waals surface area contributed by atoms with Crippen molar-refractivity contribution in [1.29, 1.82) is 0 Å². The maximum Gasteiger partial charge on any atom is 0.238 e. The zero-order valence-corrected chi connectivity index (χ0v) is 12.2. The summed E-state index contributed by atoms with van der Waals surface area (Å²) in [7, 11) is 1.58. The number of methoxy groups -OCH3 is 1. The smallest absolute Gasteiger partial charge is 0.238 e. The SMILES string of the molecule is COc1ccccc1NC(=O)CNC(C)c1nccs1. The third kappa shape index (κ3) is 3.79. The van der Waals surface area contributed by atoms with E-state index in [2.05, 4.69) is 15.6 Å². The first kappa shape index (κ1) is 14.5. The molecule has 1 unspecified atom stereocenters. The number of para-hydroxylation sites is 2. The quantitative estimate of drug-likeness (QED) is 0.858. The van der Waals surface area contributed by atoms with Crippen LogP contribution in [0.25, 0.3) is 0 Å². The fourth-order valence-corrected chi connectivity index (χ4v) is 2.39. The van der Waals surface area contributed by atoms with Crippen LogP contribution in [0.1, 0.15) is 18.0 Å². The van der Waals surface area contributed by atoms with Crippen LogP contribution in [0.3, 0.4) is 0 Å². The molecule has 2 aromatic rings. The molecule has 20 heavy (non-hydrogen) atoms. The van der Waals surface area contributed by atoms with Gasteiger partial charge in [-0.25, -0.2) is 4.98 Å². The van der Waals surface area contributed by atoms with Crippen molar-refractivity contribution in [2.45, 2.75) is 13.0 Å². The Morgan fingerprint density at radius 1 is 1.45 bits per heavy atom. The highest BCUT2D eigenvalue weighted by Crippen LogP contribution is 2.22. The highest BCUT2D eigenvalue weighted by atomic mass is 32.1. The van der Waals surface area contributed by atoms with Gasteiger partial charge in [-0.2, -0.15) is 0 Å². The number of benzene rings is 1. The van der Waals surface area contributed by atoms with Crippen LogP contribution >= 0.6 is 11.3 Å². The van der Waals surface area contributed by atoms with E-state index in [1.54, 1.807) is 36.8 Å². The molecule has 1 aromatic carbocycles. The Labute approximate surface area is 122 Å². The molecular weight excluding hydrogens is 274 g/mol. The molecule has 0 fully saturated rings. The van der Waals surface area contributed by atoms with Crippen LogP contribution in [0.4, 0.5) is 5.69 Å². The van der Waals surface area contributed by atoms with Gasteiger partial charge in [0.25, 0.3) is 0 Å². The lowest BCUT2D eigenvalue weighted by Gasteiger charge is -2.12. The van der Waals surface area contributed by atoms with Gasteiger partial charge in [-0.05, 0) is 19.1 Å². The average Bonchev–Trinajstić information content (AvgIpc) is 2.99. The Morgan fingerprint density at radius 2 is 2.25 bits per heavy atom. The van der Waals surface area contributed by atoms with Gasteiger partial charge in [-0.15, -0.1) is 11.3 Å². The van der Waals surface area contributed by atoms with Crippen LogP contribution in [-0.4, -0.2) is 24.5 Å². The number of aromatic nitrogens is 1. The topological polar surface area (TPSA) is 63.2 Å². The van der Waals surface area contributed by atoms with Gasteiger partial charge in [0.05, 0.1) is 25.4 Å². The normalized spacial score (nSPS) is 11.9. The number of hydrogen-bond donors (Lipinski definition) is 2. The maximum atomic E-state index is 11.9. The highest BCUT2D eigenvalue weighted by Gasteiger charge is 2.11. The van der Waals surface area contributed by atoms with Gasteiger partial charge < -0.3 is 10.1 Å². The molecule has 1 aromatic heterocycles. The molecule has 0 radical (unpaired) electrons. The molecule has 6 heteroatoms. The van der Waals surface area contributed by atoms with Crippen LogP contribution in [0.15, 0.2) is 35.8 Å². The summed E-state index contributed by atoms with van der Waals surface area (Å²) in [6.07, 6.45) is 1.76. The minimum atomic E-state index is -0.113. The predicted molar refractivity (Wildman–Crippen MR) is 80.2 cm³/mol. The lowest BCUT2D eigenvalue weighted by Crippen LogP contribution is -2.30. The first-order valence-electron chi connectivity index (χ1n) is 6.26. The average molecular weight is 291 g/mol. The van der Waals surface area contributed by atoms with Crippen molar-refractivity contribution in [2.75, 3.05) is 19.0 Å². The van der Waals surface area contributed by atoms with Gasteiger partial charge in [-0.1, -0.05) is 12.1 Å². The molecule has 5 nitrogen and oxygen atoms in total. The van der Waals surface area contributed by atoms with E-state index in [9.17, 15) is 4.79 Å². The Balaban J connectivity index is 1.86. The Bertz CT molecular complexity index is 557. The van der Waals surface area contributed by atoms with Crippen LogP contribution < -0.4 is 15.4 Å². The summed E-state index contributed by atoms with van der Waals surface area (Å²) >= 11 is 1.57. The highest BCUT2D eigenvalue weighted by molar-refractivity contribution is 7.09. The van der Waals surface area contributed by atoms with Gasteiger partial charge >= 0.3 is 0 Å². The van der Waals surface area contributed by atoms with E-state index in [1.165, 1.54) is 0 Å². The van der Waals surface area contributed by atoms with Crippen molar-refractivity contribution >= 4 is 22.9 Å². The maximum absolute atomic E-state index is 11.9. The van der Waals surface area contributed by atoms with E-state index >= 15 is 0 Å². The fourth-order valence-electron chi connectivity index (χ4n) is 1.72. The molecule has 2 rings (SSSR count). The molecule has 0 bridgehead atoms. The Hall–Kier alpha value is -1.92. The summed E-state index contributed by atoms with van der Waals surface area (Å²) in [6.45, 7) is 2.20. The lowest BCUT2D eigenvalue weighted by atomic mass is 10.3. The molecule has 0 aliphatic rings. The van der Waals surface area contributed by atoms with Crippen molar-refractivity contribution in [1.82, 2.24) is 10.3 Å². The number of ether oxygens (including phenoxy) is 1. The van der Waals surface area contributed by atoms with Gasteiger partial charge in [0.1, 0.15) is 10.8 Å². The number of thiazole rings is 1. The van der Waals surface area contributed by atoms with Crippen LogP contribution in [0, 0.1) is 0 Å². The summed E-state index contributed by atoms with van der Waals surface area (Å²) in [5.41, 5.74) is 0.670. The number of carbonyl (C=O) groups excluding carboxylic acids is 1. The van der Waals surface area contributed by atoms with Crippen LogP contribution in [-0.2, 0) is 4.79 Å². The molecule has 2 N–H and O–H groups in total. The van der Waals surface area contributed by atoms with Gasteiger partial charge in [-0.3, -0.25) is 10.1 Å². The molecule has 106 valence electrons. The zero-order valence-electron chi connectivity index (χ0n) is 11.4. The number of anilines is 1. The second-order valence-electron chi connectivity index (χ2n) is 4.22. The first-order chi connectivity index (χ1) is 9.70. The number of nitrogens with zero attached hydrogens (tertiary/aromatic N) is 1. The van der Waals surface area contributed by atoms with E-state index in [4.69, 9.17) is 4.74 Å². The number of hydrogen-bond acceptors (Lipinski definition) is 5. The standard InChI is InChI=1S/C14H17N3O2S/c1-10(14-15-7-8-20-14)16-9-13(18)17-11-5-3-4-6-12(11)19-2/h3-8,10,16H,9H2,1-2H3,(H,17,18). The third-order valence-corrected chi connectivity index (χ3v) is 3.73. The van der Waals surface area contributed by atoms with Crippen LogP contribution in [0.5, 0.6) is 5.75 Å². The molecule has 1 amide bonds. The fraction of sp³-hybridized carbons (Fsp3) is 0.286. The largest absolute Gasteiger partial charge is 0.495 e. The monoisotopic (exact) mass is 291 g/mol. The first-order valence-corrected chi connectivity index (χ1v) is 7.14. The van der Waals surface area contributed by atoms with E-state index in [0.29, 0.717) is 11.4 Å². The summed E-state index contributed by atoms with van der Waals surface area (Å²) < 4.78 is 5.19. The van der Waals surface area contributed by atoms with Crippen molar-refractivity contribution in [3.05, 3.63) is 40.8 Å². The molecule has 0 aliphatic carbocycles. The van der Waals surface area contributed by atoms with Crippen molar-refractivity contribution in [3.8, 4) is 5.75 Å². The van der Waals surface area contributed by atoms with Crippen molar-refractivity contribution in [2.24, 2.45) is 0 Å². The Morgan fingerprint density at radius 3 is 2.95 bits per heavy atom. The van der Waals surface area contributed by atoms with Gasteiger partial charge in [0, 0.05) is 11.6 Å². The number of rotatable bonds is 6. The van der Waals surface area contributed by atoms with E-state index in [-0.39, 0.29) is 18.5 Å². The van der Waals surface area contributed by atoms with Crippen molar-refractivity contribution < 1.29 is 9.53 Å². The van der Waals surface area contributed by atoms with E-state index in [0.717, 1.165) is 5.01 Å². The van der Waals surface area contributed by atoms with E-state index in [1.807, 2.05) is 24.4 Å². The minimum absolute atomic E-state index is 0.0541. The molecule has 0 saturated heterocycles. The Kier molecular flexibility index (Phi) is 5.09. The van der Waals surface area contributed by atoms with E-state index < -0.39 is 0 Å². The molecule has 1 atom stereocenters. The number of carbonyl (C=O) groups is 1. The molecule has 0 spiro atoms. The van der Waals surface area contributed by atoms with Crippen molar-refractivity contribution in [3.63, 3.8) is 0 Å². The zero-order chi connectivity index (χ0) is 14.4. The summed E-state index contributed by atoms with van der Waals surface area (Å²) in [5, 5.41) is 8.84. The molecule has 0 saturated carbocycles. The third-order valence-electron chi connectivity index (χ3n) is 2.77. The molecule has 0 aliphatic heterocycles. The predicted octanol–water partition coefficient (Wildman–Crippen LogP) is 2.44. The van der Waals surface area contributed by atoms with Gasteiger partial charge in [0.2, 0.25) is 5.91 Å².